The third-order valence-corrected chi connectivity index (χ3v) is 10.7. The van der Waals surface area contributed by atoms with Gasteiger partial charge in [0.1, 0.15) is 35.7 Å². The summed E-state index contributed by atoms with van der Waals surface area (Å²) in [6.45, 7) is 9.01. The molecule has 7 amide bonds. The second-order valence-electron chi connectivity index (χ2n) is 15.4. The van der Waals surface area contributed by atoms with Crippen LogP contribution in [0, 0.1) is 5.41 Å². The first-order valence-corrected chi connectivity index (χ1v) is 21.2. The first kappa shape index (κ1) is 45.4. The lowest BCUT2D eigenvalue weighted by Crippen LogP contribution is -2.50. The standard InChI is InChI=1S/C18H29N5O9S.C12H20N6O7S/c1-11(19-16(25)30-18(2,3)4)21-8-7-13(10-21)31-20-15(24)14-6-5-12-9-22(14)17(26)23(12)32-33(27,28)29;13-11(14)16-4-3-8(6-16)24-15-10(19)9-2-1-7-5-17(9)12(20)18(7)25-26(21,22)23/h12-14H,5-10H2,1-4H3,(H,20,24)(H,27,28,29);7-9H,1-6H2,(H3,13,14)(H,15,19)(H,21,22,23)/t12-,13?,14+;7-,8?,9+/m11/s1. The summed E-state index contributed by atoms with van der Waals surface area (Å²) < 4.78 is 75.1. The molecule has 4 bridgehead atoms. The van der Waals surface area contributed by atoms with Crippen molar-refractivity contribution in [1.29, 1.82) is 5.41 Å². The molecule has 0 aromatic rings. The molecule has 0 aromatic heterocycles. The molecule has 0 saturated carbocycles. The molecule has 6 saturated heterocycles. The zero-order chi connectivity index (χ0) is 43.6. The number of aliphatic imine (C=N–C) groups is 1. The molecule has 6 heterocycles. The molecular weight excluding hydrogens is 835 g/mol. The molecule has 59 heavy (non-hydrogen) atoms. The number of amidine groups is 1. The molecule has 0 aromatic carbocycles. The van der Waals surface area contributed by atoms with Crippen LogP contribution in [0.2, 0.25) is 0 Å². The highest BCUT2D eigenvalue weighted by Crippen LogP contribution is 2.32. The van der Waals surface area contributed by atoms with Crippen LogP contribution in [0.15, 0.2) is 4.99 Å². The minimum atomic E-state index is -4.86. The SMILES string of the molecule is CC(=NC(=O)OC(C)(C)C)N1CCC(ONC(=O)[C@@H]2CC[C@@H]3CN2C(=O)N3OS(=O)(=O)O)C1.N=C(N)N1CCC(ONC(=O)[C@@H]2CC[C@@H]3CN2C(=O)N3OS(=O)(=O)O)C1. The third kappa shape index (κ3) is 12.0. The van der Waals surface area contributed by atoms with Gasteiger partial charge < -0.3 is 30.1 Å². The molecule has 6 aliphatic rings. The van der Waals surface area contributed by atoms with E-state index in [1.807, 2.05) is 4.90 Å². The van der Waals surface area contributed by atoms with Gasteiger partial charge in [-0.15, -0.1) is 8.57 Å². The molecule has 6 aliphatic heterocycles. The lowest BCUT2D eigenvalue weighted by atomic mass is 10.0. The molecule has 0 spiro atoms. The molecule has 29 heteroatoms. The summed E-state index contributed by atoms with van der Waals surface area (Å²) in [7, 11) is -9.69. The second-order valence-corrected chi connectivity index (χ2v) is 17.4. The number of hydrogen-bond donors (Lipinski definition) is 6. The molecule has 2 unspecified atom stereocenters. The second kappa shape index (κ2) is 17.9. The number of hydrogen-bond acceptors (Lipinski definition) is 15. The zero-order valence-electron chi connectivity index (χ0n) is 32.6. The van der Waals surface area contributed by atoms with Crippen molar-refractivity contribution in [3.05, 3.63) is 0 Å². The van der Waals surface area contributed by atoms with E-state index < -0.39 is 80.5 Å². The van der Waals surface area contributed by atoms with Gasteiger partial charge in [0.05, 0.1) is 12.1 Å². The van der Waals surface area contributed by atoms with E-state index >= 15 is 0 Å². The third-order valence-electron chi connectivity index (χ3n) is 9.99. The van der Waals surface area contributed by atoms with Crippen LogP contribution >= 0.6 is 0 Å². The van der Waals surface area contributed by atoms with Gasteiger partial charge in [-0.2, -0.15) is 32.0 Å². The predicted octanol–water partition coefficient (Wildman–Crippen LogP) is -1.53. The van der Waals surface area contributed by atoms with Crippen LogP contribution in [0.25, 0.3) is 0 Å². The van der Waals surface area contributed by atoms with Crippen molar-refractivity contribution in [2.75, 3.05) is 39.3 Å². The Morgan fingerprint density at radius 2 is 1.17 bits per heavy atom. The number of amides is 7. The molecule has 6 fully saturated rings. The predicted molar refractivity (Wildman–Crippen MR) is 196 cm³/mol. The van der Waals surface area contributed by atoms with Gasteiger partial charge in [-0.3, -0.25) is 33.8 Å². The Kier molecular flexibility index (Phi) is 13.8. The zero-order valence-corrected chi connectivity index (χ0v) is 34.2. The fourth-order valence-corrected chi connectivity index (χ4v) is 8.05. The monoisotopic (exact) mass is 883 g/mol. The van der Waals surface area contributed by atoms with Crippen LogP contribution in [-0.2, 0) is 53.4 Å². The Morgan fingerprint density at radius 1 is 0.746 bits per heavy atom. The number of carbonyl (C=O) groups excluding carboxylic acids is 5. The minimum absolute atomic E-state index is 0.0673. The number of fused-ring (bicyclic) bond motifs is 4. The van der Waals surface area contributed by atoms with Gasteiger partial charge in [0, 0.05) is 39.3 Å². The number of piperidine rings is 2. The Balaban J connectivity index is 0.000000230. The summed E-state index contributed by atoms with van der Waals surface area (Å²) in [6.07, 6.45) is 1.01. The van der Waals surface area contributed by atoms with Crippen molar-refractivity contribution in [2.45, 2.75) is 108 Å². The summed E-state index contributed by atoms with van der Waals surface area (Å²) in [5, 5.41) is 8.51. The van der Waals surface area contributed by atoms with E-state index in [4.69, 9.17) is 34.7 Å². The van der Waals surface area contributed by atoms with Crippen LogP contribution in [0.5, 0.6) is 0 Å². The van der Waals surface area contributed by atoms with Gasteiger partial charge in [0.25, 0.3) is 11.8 Å². The Hall–Kier alpha value is -4.65. The maximum absolute atomic E-state index is 12.6. The number of ether oxygens (including phenoxy) is 1. The largest absolute Gasteiger partial charge is 0.442 e. The number of nitrogens with one attached hydrogen (secondary N) is 3. The van der Waals surface area contributed by atoms with Gasteiger partial charge in [-0.05, 0) is 66.2 Å². The molecular formula is C30H49N11O16S2. The average molecular weight is 884 g/mol. The van der Waals surface area contributed by atoms with Gasteiger partial charge in [-0.1, -0.05) is 0 Å². The van der Waals surface area contributed by atoms with Crippen LogP contribution in [0.3, 0.4) is 0 Å². The van der Waals surface area contributed by atoms with E-state index in [9.17, 15) is 40.8 Å². The quantitative estimate of drug-likeness (QED) is 0.0627. The molecule has 7 N–H and O–H groups in total. The highest BCUT2D eigenvalue weighted by atomic mass is 32.3. The lowest BCUT2D eigenvalue weighted by Gasteiger charge is -2.29. The Labute approximate surface area is 339 Å². The fraction of sp³-hybridized carbons (Fsp3) is 0.767. The van der Waals surface area contributed by atoms with Crippen LogP contribution < -0.4 is 16.7 Å². The van der Waals surface area contributed by atoms with Gasteiger partial charge in [0.2, 0.25) is 0 Å². The molecule has 6 rings (SSSR count). The van der Waals surface area contributed by atoms with Crippen molar-refractivity contribution in [2.24, 2.45) is 10.7 Å². The number of nitrogens with zero attached hydrogens (tertiary/aromatic N) is 7. The number of likely N-dealkylation sites (tertiary alicyclic amines) is 2. The normalized spacial score (nSPS) is 27.2. The van der Waals surface area contributed by atoms with Crippen molar-refractivity contribution < 1.29 is 72.9 Å². The van der Waals surface area contributed by atoms with Gasteiger partial charge in [0.15, 0.2) is 5.96 Å². The number of guanidine groups is 1. The van der Waals surface area contributed by atoms with Crippen LogP contribution in [0.1, 0.15) is 66.2 Å². The first-order chi connectivity index (χ1) is 27.4. The maximum atomic E-state index is 12.6. The minimum Gasteiger partial charge on any atom is -0.442 e. The molecule has 0 aliphatic carbocycles. The van der Waals surface area contributed by atoms with Crippen molar-refractivity contribution >= 4 is 62.6 Å². The number of urea groups is 2. The van der Waals surface area contributed by atoms with Crippen molar-refractivity contribution in [1.82, 2.24) is 40.7 Å². The summed E-state index contributed by atoms with van der Waals surface area (Å²) in [5.74, 6) is -0.677. The molecule has 27 nitrogen and oxygen atoms in total. The van der Waals surface area contributed by atoms with E-state index in [-0.39, 0.29) is 37.7 Å². The van der Waals surface area contributed by atoms with E-state index in [0.29, 0.717) is 74.2 Å². The topological polar surface area (TPSA) is 346 Å². The summed E-state index contributed by atoms with van der Waals surface area (Å²) in [5.41, 5.74) is 9.44. The number of carbonyl (C=O) groups is 5. The fourth-order valence-electron chi connectivity index (χ4n) is 7.28. The number of hydroxylamine groups is 6. The van der Waals surface area contributed by atoms with E-state index in [2.05, 4.69) is 24.5 Å². The molecule has 0 radical (unpaired) electrons. The molecule has 332 valence electrons. The Bertz CT molecular complexity index is 1920. The average Bonchev–Trinajstić information content (AvgIpc) is 3.90. The first-order valence-electron chi connectivity index (χ1n) is 18.5. The van der Waals surface area contributed by atoms with Gasteiger partial charge in [-0.25, -0.2) is 25.3 Å². The van der Waals surface area contributed by atoms with Crippen LogP contribution in [0.4, 0.5) is 14.4 Å². The van der Waals surface area contributed by atoms with E-state index in [1.54, 1.807) is 32.6 Å². The van der Waals surface area contributed by atoms with E-state index in [0.717, 1.165) is 0 Å². The number of rotatable bonds is 10. The van der Waals surface area contributed by atoms with Gasteiger partial charge >= 0.3 is 39.0 Å². The highest BCUT2D eigenvalue weighted by molar-refractivity contribution is 7.81. The highest BCUT2D eigenvalue weighted by Gasteiger charge is 2.51. The van der Waals surface area contributed by atoms with E-state index in [1.165, 1.54) is 9.80 Å². The maximum Gasteiger partial charge on any atom is 0.435 e. The van der Waals surface area contributed by atoms with Crippen LogP contribution in [-0.4, -0.2) is 179 Å². The summed E-state index contributed by atoms with van der Waals surface area (Å²) in [4.78, 5) is 82.1. The molecule has 6 atom stereocenters. The van der Waals surface area contributed by atoms with Crippen molar-refractivity contribution in [3.8, 4) is 0 Å². The lowest BCUT2D eigenvalue weighted by molar-refractivity contribution is -0.143. The van der Waals surface area contributed by atoms with Crippen molar-refractivity contribution in [3.63, 3.8) is 0 Å². The summed E-state index contributed by atoms with van der Waals surface area (Å²) >= 11 is 0. The number of nitrogens with two attached hydrogens (primary N) is 1. The summed E-state index contributed by atoms with van der Waals surface area (Å²) in [6, 6.07) is -4.48. The smallest absolute Gasteiger partial charge is 0.435 e. The Morgan fingerprint density at radius 3 is 1.56 bits per heavy atom.